The summed E-state index contributed by atoms with van der Waals surface area (Å²) in [7, 11) is 0. The standard InChI is InChI=1S/C22H26O2/c1-6-10-19(9-4)16-24-22-15-18(5)13-14-21(22)23-17-20(11-7-2)12-8-3/h6-15H,1-2,4,16-17H2,3,5H3/b12-8-,19-10+,20-11+. The molecule has 2 nitrogen and oxygen atoms in total. The van der Waals surface area contributed by atoms with Crippen molar-refractivity contribution in [3.8, 4) is 11.5 Å². The van der Waals surface area contributed by atoms with Gasteiger partial charge in [0.1, 0.15) is 13.2 Å². The van der Waals surface area contributed by atoms with Crippen molar-refractivity contribution in [1.82, 2.24) is 0 Å². The van der Waals surface area contributed by atoms with Crippen LogP contribution in [-0.2, 0) is 0 Å². The predicted octanol–water partition coefficient (Wildman–Crippen LogP) is 5.74. The van der Waals surface area contributed by atoms with Crippen molar-refractivity contribution in [2.45, 2.75) is 13.8 Å². The second kappa shape index (κ2) is 10.9. The van der Waals surface area contributed by atoms with Crippen LogP contribution in [0.25, 0.3) is 0 Å². The van der Waals surface area contributed by atoms with Crippen LogP contribution in [0.5, 0.6) is 11.5 Å². The molecule has 1 rings (SSSR count). The minimum Gasteiger partial charge on any atom is -0.485 e. The normalized spacial score (nSPS) is 12.1. The van der Waals surface area contributed by atoms with Gasteiger partial charge in [0.05, 0.1) is 0 Å². The Bertz CT molecular complexity index is 661. The summed E-state index contributed by atoms with van der Waals surface area (Å²) in [6.45, 7) is 16.1. The lowest BCUT2D eigenvalue weighted by atomic mass is 10.2. The summed E-state index contributed by atoms with van der Waals surface area (Å²) in [5.74, 6) is 1.42. The highest BCUT2D eigenvalue weighted by atomic mass is 16.5. The molecule has 0 saturated heterocycles. The molecule has 0 fully saturated rings. The van der Waals surface area contributed by atoms with E-state index in [2.05, 4.69) is 19.7 Å². The maximum absolute atomic E-state index is 5.93. The molecular weight excluding hydrogens is 296 g/mol. The number of ether oxygens (including phenoxy) is 2. The van der Waals surface area contributed by atoms with E-state index >= 15 is 0 Å². The molecule has 0 aromatic heterocycles. The van der Waals surface area contributed by atoms with E-state index in [1.54, 1.807) is 18.2 Å². The third-order valence-corrected chi connectivity index (χ3v) is 3.19. The SMILES string of the molecule is C=C/C=C(\C=C)COc1cc(C)ccc1OCC(/C=C\C)=C/C=C. The third kappa shape index (κ3) is 6.57. The van der Waals surface area contributed by atoms with E-state index < -0.39 is 0 Å². The Morgan fingerprint density at radius 2 is 1.58 bits per heavy atom. The van der Waals surface area contributed by atoms with Gasteiger partial charge in [-0.1, -0.05) is 68.3 Å². The van der Waals surface area contributed by atoms with Crippen molar-refractivity contribution in [3.63, 3.8) is 0 Å². The van der Waals surface area contributed by atoms with Crippen LogP contribution in [0.15, 0.2) is 91.6 Å². The van der Waals surface area contributed by atoms with Crippen LogP contribution in [0.4, 0.5) is 0 Å². The van der Waals surface area contributed by atoms with Gasteiger partial charge in [0.25, 0.3) is 0 Å². The molecule has 0 unspecified atom stereocenters. The number of allylic oxidation sites excluding steroid dienone is 5. The first-order valence-corrected chi connectivity index (χ1v) is 7.89. The minimum atomic E-state index is 0.416. The minimum absolute atomic E-state index is 0.416. The lowest BCUT2D eigenvalue weighted by Crippen LogP contribution is -2.04. The fourth-order valence-electron chi connectivity index (χ4n) is 2.01. The van der Waals surface area contributed by atoms with Gasteiger partial charge in [-0.15, -0.1) is 0 Å². The maximum Gasteiger partial charge on any atom is 0.161 e. The number of hydrogen-bond acceptors (Lipinski definition) is 2. The quantitative estimate of drug-likeness (QED) is 0.511. The fourth-order valence-corrected chi connectivity index (χ4v) is 2.01. The monoisotopic (exact) mass is 322 g/mol. The molecule has 0 aliphatic carbocycles. The zero-order valence-corrected chi connectivity index (χ0v) is 14.6. The molecule has 0 aliphatic rings. The van der Waals surface area contributed by atoms with Crippen molar-refractivity contribution >= 4 is 0 Å². The summed E-state index contributed by atoms with van der Waals surface area (Å²) in [5, 5.41) is 0. The third-order valence-electron chi connectivity index (χ3n) is 3.19. The van der Waals surface area contributed by atoms with Crippen LogP contribution in [0.2, 0.25) is 0 Å². The highest BCUT2D eigenvalue weighted by molar-refractivity contribution is 5.43. The van der Waals surface area contributed by atoms with Crippen LogP contribution < -0.4 is 9.47 Å². The Balaban J connectivity index is 2.89. The zero-order chi connectivity index (χ0) is 17.8. The average molecular weight is 322 g/mol. The molecule has 0 N–H and O–H groups in total. The van der Waals surface area contributed by atoms with Crippen molar-refractivity contribution in [2.75, 3.05) is 13.2 Å². The molecule has 0 heterocycles. The van der Waals surface area contributed by atoms with Crippen molar-refractivity contribution < 1.29 is 9.47 Å². The summed E-state index contributed by atoms with van der Waals surface area (Å²) in [6, 6.07) is 5.90. The Labute approximate surface area is 145 Å². The second-order valence-electron chi connectivity index (χ2n) is 5.19. The molecule has 0 radical (unpaired) electrons. The smallest absolute Gasteiger partial charge is 0.161 e. The lowest BCUT2D eigenvalue weighted by Gasteiger charge is -2.14. The molecule has 0 atom stereocenters. The van der Waals surface area contributed by atoms with E-state index in [-0.39, 0.29) is 0 Å². The second-order valence-corrected chi connectivity index (χ2v) is 5.19. The summed E-state index contributed by atoms with van der Waals surface area (Å²) in [4.78, 5) is 0. The van der Waals surface area contributed by atoms with E-state index in [1.807, 2.05) is 56.4 Å². The molecule has 2 heteroatoms. The maximum atomic E-state index is 5.93. The largest absolute Gasteiger partial charge is 0.485 e. The van der Waals surface area contributed by atoms with Gasteiger partial charge >= 0.3 is 0 Å². The van der Waals surface area contributed by atoms with Gasteiger partial charge in [0, 0.05) is 0 Å². The molecule has 0 bridgehead atoms. The van der Waals surface area contributed by atoms with Crippen LogP contribution in [0.1, 0.15) is 12.5 Å². The van der Waals surface area contributed by atoms with Gasteiger partial charge in [-0.3, -0.25) is 0 Å². The zero-order valence-electron chi connectivity index (χ0n) is 14.6. The molecule has 24 heavy (non-hydrogen) atoms. The summed E-state index contributed by atoms with van der Waals surface area (Å²) in [6.07, 6.45) is 13.0. The molecule has 0 saturated carbocycles. The van der Waals surface area contributed by atoms with Gasteiger partial charge in [-0.05, 0) is 42.7 Å². The topological polar surface area (TPSA) is 18.5 Å². The molecule has 0 spiro atoms. The molecule has 1 aromatic carbocycles. The Morgan fingerprint density at radius 3 is 2.21 bits per heavy atom. The van der Waals surface area contributed by atoms with E-state index in [0.29, 0.717) is 24.7 Å². The van der Waals surface area contributed by atoms with Gasteiger partial charge in [-0.25, -0.2) is 0 Å². The Hall–Kier alpha value is -2.74. The van der Waals surface area contributed by atoms with Gasteiger partial charge < -0.3 is 9.47 Å². The van der Waals surface area contributed by atoms with Gasteiger partial charge in [0.2, 0.25) is 0 Å². The fraction of sp³-hybridized carbons (Fsp3) is 0.182. The summed E-state index contributed by atoms with van der Waals surface area (Å²) < 4.78 is 11.8. The Kier molecular flexibility index (Phi) is 8.77. The van der Waals surface area contributed by atoms with Crippen LogP contribution in [0.3, 0.4) is 0 Å². The highest BCUT2D eigenvalue weighted by Gasteiger charge is 2.07. The lowest BCUT2D eigenvalue weighted by molar-refractivity contribution is 0.301. The molecule has 1 aromatic rings. The molecular formula is C22H26O2. The Morgan fingerprint density at radius 1 is 0.958 bits per heavy atom. The van der Waals surface area contributed by atoms with Crippen LogP contribution >= 0.6 is 0 Å². The van der Waals surface area contributed by atoms with E-state index in [9.17, 15) is 0 Å². The van der Waals surface area contributed by atoms with Gasteiger partial charge in [-0.2, -0.15) is 0 Å². The van der Waals surface area contributed by atoms with Crippen molar-refractivity contribution in [1.29, 1.82) is 0 Å². The van der Waals surface area contributed by atoms with Crippen molar-refractivity contribution in [3.05, 3.63) is 97.2 Å². The predicted molar refractivity (Wildman–Crippen MR) is 104 cm³/mol. The number of rotatable bonds is 10. The van der Waals surface area contributed by atoms with Crippen molar-refractivity contribution in [2.24, 2.45) is 0 Å². The number of hydrogen-bond donors (Lipinski definition) is 0. The molecule has 126 valence electrons. The first-order chi connectivity index (χ1) is 11.6. The number of aryl methyl sites for hydroxylation is 1. The molecule has 0 aliphatic heterocycles. The van der Waals surface area contributed by atoms with Crippen LogP contribution in [0, 0.1) is 6.92 Å². The summed E-state index contributed by atoms with van der Waals surface area (Å²) in [5.41, 5.74) is 3.11. The number of benzene rings is 1. The average Bonchev–Trinajstić information content (AvgIpc) is 2.58. The van der Waals surface area contributed by atoms with E-state index in [0.717, 1.165) is 16.7 Å². The highest BCUT2D eigenvalue weighted by Crippen LogP contribution is 2.29. The van der Waals surface area contributed by atoms with E-state index in [4.69, 9.17) is 9.47 Å². The van der Waals surface area contributed by atoms with Crippen LogP contribution in [-0.4, -0.2) is 13.2 Å². The van der Waals surface area contributed by atoms with Gasteiger partial charge in [0.15, 0.2) is 11.5 Å². The first kappa shape index (κ1) is 19.3. The molecule has 0 amide bonds. The summed E-state index contributed by atoms with van der Waals surface area (Å²) >= 11 is 0. The first-order valence-electron chi connectivity index (χ1n) is 7.89. The van der Waals surface area contributed by atoms with E-state index in [1.165, 1.54) is 0 Å².